The van der Waals surface area contributed by atoms with Crippen molar-refractivity contribution in [2.24, 2.45) is 0 Å². The third-order valence-corrected chi connectivity index (χ3v) is 4.14. The number of hydrogen-bond acceptors (Lipinski definition) is 2. The average Bonchev–Trinajstić information content (AvgIpc) is 2.54. The highest BCUT2D eigenvalue weighted by molar-refractivity contribution is 5.59. The zero-order valence-electron chi connectivity index (χ0n) is 11.7. The first-order valence-electron chi connectivity index (χ1n) is 7.12. The van der Waals surface area contributed by atoms with E-state index in [-0.39, 0.29) is 12.1 Å². The maximum absolute atomic E-state index is 9.49. The Labute approximate surface area is 120 Å². The van der Waals surface area contributed by atoms with Gasteiger partial charge in [0.05, 0.1) is 12.1 Å². The van der Waals surface area contributed by atoms with Gasteiger partial charge in [0, 0.05) is 5.69 Å². The van der Waals surface area contributed by atoms with Crippen molar-refractivity contribution < 1.29 is 0 Å². The topological polar surface area (TPSA) is 27.0 Å². The van der Waals surface area contributed by atoms with Crippen LogP contribution in [0.2, 0.25) is 0 Å². The molecule has 0 spiro atoms. The molecule has 0 radical (unpaired) electrons. The van der Waals surface area contributed by atoms with Crippen LogP contribution >= 0.6 is 0 Å². The molecule has 0 amide bonds. The summed E-state index contributed by atoms with van der Waals surface area (Å²) >= 11 is 0. The molecule has 1 heterocycles. The van der Waals surface area contributed by atoms with E-state index in [1.165, 1.54) is 16.8 Å². The fourth-order valence-corrected chi connectivity index (χ4v) is 3.07. The Kier molecular flexibility index (Phi) is 3.43. The molecule has 1 aliphatic heterocycles. The second-order valence-corrected chi connectivity index (χ2v) is 5.31. The van der Waals surface area contributed by atoms with Gasteiger partial charge in [-0.2, -0.15) is 5.26 Å². The smallest absolute Gasteiger partial charge is 0.117 e. The number of fused-ring (bicyclic) bond motifs is 1. The highest BCUT2D eigenvalue weighted by Crippen LogP contribution is 2.36. The molecule has 2 aromatic rings. The maximum Gasteiger partial charge on any atom is 0.117 e. The van der Waals surface area contributed by atoms with Gasteiger partial charge in [-0.05, 0) is 37.0 Å². The summed E-state index contributed by atoms with van der Waals surface area (Å²) in [7, 11) is 0. The van der Waals surface area contributed by atoms with E-state index in [0.717, 1.165) is 12.8 Å². The van der Waals surface area contributed by atoms with Gasteiger partial charge in [0.2, 0.25) is 0 Å². The van der Waals surface area contributed by atoms with E-state index >= 15 is 0 Å². The van der Waals surface area contributed by atoms with E-state index in [1.807, 2.05) is 6.07 Å². The van der Waals surface area contributed by atoms with Crippen molar-refractivity contribution in [3.05, 3.63) is 65.7 Å². The van der Waals surface area contributed by atoms with Gasteiger partial charge >= 0.3 is 0 Å². The molecule has 1 aliphatic rings. The van der Waals surface area contributed by atoms with E-state index in [1.54, 1.807) is 0 Å². The third-order valence-electron chi connectivity index (χ3n) is 4.14. The summed E-state index contributed by atoms with van der Waals surface area (Å²) in [6.45, 7) is 2.18. The maximum atomic E-state index is 9.49. The third kappa shape index (κ3) is 2.16. The van der Waals surface area contributed by atoms with Crippen LogP contribution in [0.3, 0.4) is 0 Å². The minimum Gasteiger partial charge on any atom is -0.349 e. The van der Waals surface area contributed by atoms with Crippen LogP contribution < -0.4 is 4.90 Å². The van der Waals surface area contributed by atoms with Crippen LogP contribution in [0.1, 0.15) is 30.5 Å². The summed E-state index contributed by atoms with van der Waals surface area (Å²) < 4.78 is 0. The Hall–Kier alpha value is -2.27. The van der Waals surface area contributed by atoms with Gasteiger partial charge in [-0.3, -0.25) is 0 Å². The summed E-state index contributed by atoms with van der Waals surface area (Å²) in [5.74, 6) is 0. The number of rotatable bonds is 2. The quantitative estimate of drug-likeness (QED) is 0.815. The molecule has 0 unspecified atom stereocenters. The second-order valence-electron chi connectivity index (χ2n) is 5.31. The molecule has 0 aromatic heterocycles. The van der Waals surface area contributed by atoms with Crippen molar-refractivity contribution in [1.82, 2.24) is 0 Å². The van der Waals surface area contributed by atoms with Crippen LogP contribution in [0.4, 0.5) is 5.69 Å². The lowest BCUT2D eigenvalue weighted by Gasteiger charge is -2.40. The Balaban J connectivity index is 2.03. The van der Waals surface area contributed by atoms with Crippen molar-refractivity contribution >= 4 is 5.69 Å². The van der Waals surface area contributed by atoms with Gasteiger partial charge < -0.3 is 4.90 Å². The van der Waals surface area contributed by atoms with Crippen LogP contribution in [0.25, 0.3) is 0 Å². The van der Waals surface area contributed by atoms with Crippen molar-refractivity contribution in [2.45, 2.75) is 31.8 Å². The lowest BCUT2D eigenvalue weighted by molar-refractivity contribution is 0.553. The van der Waals surface area contributed by atoms with E-state index in [9.17, 15) is 5.26 Å². The Morgan fingerprint density at radius 3 is 2.55 bits per heavy atom. The molecular formula is C18H18N2. The molecule has 0 aliphatic carbocycles. The molecule has 0 bridgehead atoms. The number of hydrogen-bond donors (Lipinski definition) is 0. The largest absolute Gasteiger partial charge is 0.349 e. The number of anilines is 1. The lowest BCUT2D eigenvalue weighted by atomic mass is 9.93. The van der Waals surface area contributed by atoms with Gasteiger partial charge in [0.1, 0.15) is 6.04 Å². The Morgan fingerprint density at radius 2 is 1.80 bits per heavy atom. The molecule has 2 nitrogen and oxygen atoms in total. The van der Waals surface area contributed by atoms with Gasteiger partial charge in [-0.1, -0.05) is 48.5 Å². The molecule has 0 saturated heterocycles. The monoisotopic (exact) mass is 262 g/mol. The van der Waals surface area contributed by atoms with Crippen LogP contribution in [-0.4, -0.2) is 6.04 Å². The van der Waals surface area contributed by atoms with E-state index in [0.29, 0.717) is 0 Å². The van der Waals surface area contributed by atoms with Gasteiger partial charge in [0.25, 0.3) is 0 Å². The number of nitriles is 1. The number of para-hydroxylation sites is 1. The second kappa shape index (κ2) is 5.38. The fourth-order valence-electron chi connectivity index (χ4n) is 3.07. The molecular weight excluding hydrogens is 244 g/mol. The minimum absolute atomic E-state index is 0.0416. The summed E-state index contributed by atoms with van der Waals surface area (Å²) in [6.07, 6.45) is 1.90. The van der Waals surface area contributed by atoms with Crippen LogP contribution in [0, 0.1) is 11.3 Å². The highest BCUT2D eigenvalue weighted by Gasteiger charge is 2.29. The number of nitrogens with zero attached hydrogens (tertiary/aromatic N) is 2. The molecule has 100 valence electrons. The van der Waals surface area contributed by atoms with Gasteiger partial charge in [-0.15, -0.1) is 0 Å². The molecule has 0 N–H and O–H groups in total. The number of benzene rings is 2. The lowest BCUT2D eigenvalue weighted by Crippen LogP contribution is -2.40. The predicted molar refractivity (Wildman–Crippen MR) is 81.5 cm³/mol. The minimum atomic E-state index is -0.0416. The molecule has 0 saturated carbocycles. The number of aryl methyl sites for hydroxylation is 1. The van der Waals surface area contributed by atoms with E-state index in [2.05, 4.69) is 66.4 Å². The first-order valence-corrected chi connectivity index (χ1v) is 7.12. The normalized spacial score (nSPS) is 19.0. The molecule has 20 heavy (non-hydrogen) atoms. The average molecular weight is 262 g/mol. The fraction of sp³-hybridized carbons (Fsp3) is 0.278. The van der Waals surface area contributed by atoms with Gasteiger partial charge in [0.15, 0.2) is 0 Å². The molecule has 3 rings (SSSR count). The van der Waals surface area contributed by atoms with Crippen molar-refractivity contribution in [1.29, 1.82) is 5.26 Å². The Bertz CT molecular complexity index is 627. The molecule has 0 fully saturated rings. The van der Waals surface area contributed by atoms with Gasteiger partial charge in [-0.25, -0.2) is 0 Å². The summed E-state index contributed by atoms with van der Waals surface area (Å²) in [5, 5.41) is 9.49. The Morgan fingerprint density at radius 1 is 1.10 bits per heavy atom. The van der Waals surface area contributed by atoms with Crippen LogP contribution in [-0.2, 0) is 6.42 Å². The van der Waals surface area contributed by atoms with Crippen molar-refractivity contribution in [2.75, 3.05) is 4.90 Å². The summed E-state index contributed by atoms with van der Waals surface area (Å²) in [6, 6.07) is 21.5. The highest BCUT2D eigenvalue weighted by atomic mass is 15.2. The first-order chi connectivity index (χ1) is 9.81. The molecule has 2 heteroatoms. The van der Waals surface area contributed by atoms with Crippen LogP contribution in [0.15, 0.2) is 54.6 Å². The zero-order valence-corrected chi connectivity index (χ0v) is 11.7. The van der Waals surface area contributed by atoms with E-state index < -0.39 is 0 Å². The SMILES string of the molecule is C[C@@H](c1ccccc1)N1c2ccccc2CC[C@@H]1C#N. The molecule has 2 aromatic carbocycles. The molecule has 2 atom stereocenters. The van der Waals surface area contributed by atoms with Crippen LogP contribution in [0.5, 0.6) is 0 Å². The standard InChI is InChI=1S/C18H18N2/c1-14(15-7-3-2-4-8-15)20-17(13-19)12-11-16-9-5-6-10-18(16)20/h2-10,14,17H,11-12H2,1H3/t14-,17+/m0/s1. The first kappa shape index (κ1) is 12.7. The van der Waals surface area contributed by atoms with Crippen molar-refractivity contribution in [3.63, 3.8) is 0 Å². The summed E-state index contributed by atoms with van der Waals surface area (Å²) in [4.78, 5) is 2.27. The zero-order chi connectivity index (χ0) is 13.9. The predicted octanol–water partition coefficient (Wildman–Crippen LogP) is 4.09. The van der Waals surface area contributed by atoms with E-state index in [4.69, 9.17) is 0 Å². The summed E-state index contributed by atoms with van der Waals surface area (Å²) in [5.41, 5.74) is 3.81. The van der Waals surface area contributed by atoms with Crippen molar-refractivity contribution in [3.8, 4) is 6.07 Å².